The highest BCUT2D eigenvalue weighted by atomic mass is 19.1. The molecule has 1 fully saturated rings. The summed E-state index contributed by atoms with van der Waals surface area (Å²) in [5.41, 5.74) is 1.38. The lowest BCUT2D eigenvalue weighted by atomic mass is 10.0. The first kappa shape index (κ1) is 18.0. The van der Waals surface area contributed by atoms with Crippen molar-refractivity contribution >= 4 is 11.6 Å². The Kier molecular flexibility index (Phi) is 5.61. The molecule has 1 aliphatic rings. The van der Waals surface area contributed by atoms with Crippen LogP contribution in [0.2, 0.25) is 0 Å². The fourth-order valence-electron chi connectivity index (χ4n) is 3.21. The molecule has 0 unspecified atom stereocenters. The predicted molar refractivity (Wildman–Crippen MR) is 98.5 cm³/mol. The van der Waals surface area contributed by atoms with E-state index in [2.05, 4.69) is 5.32 Å². The molecule has 0 radical (unpaired) electrons. The Morgan fingerprint density at radius 3 is 2.62 bits per heavy atom. The molecule has 5 nitrogen and oxygen atoms in total. The second kappa shape index (κ2) is 8.08. The molecule has 3 rings (SSSR count). The largest absolute Gasteiger partial charge is 0.497 e. The summed E-state index contributed by atoms with van der Waals surface area (Å²) in [6.07, 6.45) is 1.87. The minimum atomic E-state index is -0.261. The van der Waals surface area contributed by atoms with Gasteiger partial charge in [-0.2, -0.15) is 0 Å². The fourth-order valence-corrected chi connectivity index (χ4v) is 3.21. The van der Waals surface area contributed by atoms with E-state index in [0.717, 1.165) is 18.5 Å². The van der Waals surface area contributed by atoms with Crippen LogP contribution in [-0.2, 0) is 0 Å². The van der Waals surface area contributed by atoms with Gasteiger partial charge in [-0.25, -0.2) is 4.39 Å². The summed E-state index contributed by atoms with van der Waals surface area (Å²) in [7, 11) is 3.12. The fraction of sp³-hybridized carbons (Fsp3) is 0.350. The summed E-state index contributed by atoms with van der Waals surface area (Å²) >= 11 is 0. The van der Waals surface area contributed by atoms with Crippen molar-refractivity contribution in [3.63, 3.8) is 0 Å². The SMILES string of the molecule is COc1ccc(C(=O)N2CCC[C@@H](Nc3ccc(F)cc3)C2)c(OC)c1. The normalized spacial score (nSPS) is 16.9. The third-order valence-electron chi connectivity index (χ3n) is 4.56. The minimum Gasteiger partial charge on any atom is -0.497 e. The average molecular weight is 358 g/mol. The highest BCUT2D eigenvalue weighted by Gasteiger charge is 2.26. The molecule has 26 heavy (non-hydrogen) atoms. The van der Waals surface area contributed by atoms with Gasteiger partial charge in [0.25, 0.3) is 5.91 Å². The van der Waals surface area contributed by atoms with Gasteiger partial charge in [-0.1, -0.05) is 0 Å². The topological polar surface area (TPSA) is 50.8 Å². The molecule has 2 aromatic rings. The summed E-state index contributed by atoms with van der Waals surface area (Å²) in [6, 6.07) is 11.6. The lowest BCUT2D eigenvalue weighted by Crippen LogP contribution is -2.45. The van der Waals surface area contributed by atoms with Gasteiger partial charge < -0.3 is 19.7 Å². The van der Waals surface area contributed by atoms with E-state index in [4.69, 9.17) is 9.47 Å². The Morgan fingerprint density at radius 2 is 1.92 bits per heavy atom. The number of anilines is 1. The molecule has 1 aliphatic heterocycles. The number of nitrogens with zero attached hydrogens (tertiary/aromatic N) is 1. The summed E-state index contributed by atoms with van der Waals surface area (Å²) in [5, 5.41) is 3.38. The van der Waals surface area contributed by atoms with Crippen molar-refractivity contribution < 1.29 is 18.7 Å². The third-order valence-corrected chi connectivity index (χ3v) is 4.56. The van der Waals surface area contributed by atoms with Crippen LogP contribution < -0.4 is 14.8 Å². The van der Waals surface area contributed by atoms with Gasteiger partial charge >= 0.3 is 0 Å². The van der Waals surface area contributed by atoms with Gasteiger partial charge in [0.1, 0.15) is 17.3 Å². The van der Waals surface area contributed by atoms with Crippen molar-refractivity contribution in [2.75, 3.05) is 32.6 Å². The molecule has 0 spiro atoms. The van der Waals surface area contributed by atoms with Crippen LogP contribution in [0.4, 0.5) is 10.1 Å². The first-order chi connectivity index (χ1) is 12.6. The first-order valence-electron chi connectivity index (χ1n) is 8.64. The second-order valence-electron chi connectivity index (χ2n) is 6.31. The van der Waals surface area contributed by atoms with Crippen molar-refractivity contribution in [2.45, 2.75) is 18.9 Å². The predicted octanol–water partition coefficient (Wildman–Crippen LogP) is 3.56. The van der Waals surface area contributed by atoms with Crippen LogP contribution >= 0.6 is 0 Å². The Morgan fingerprint density at radius 1 is 1.15 bits per heavy atom. The first-order valence-corrected chi connectivity index (χ1v) is 8.64. The zero-order chi connectivity index (χ0) is 18.5. The number of piperidine rings is 1. The number of carbonyl (C=O) groups excluding carboxylic acids is 1. The minimum absolute atomic E-state index is 0.0601. The number of likely N-dealkylation sites (tertiary alicyclic amines) is 1. The number of benzene rings is 2. The molecular weight excluding hydrogens is 335 g/mol. The molecule has 0 saturated carbocycles. The van der Waals surface area contributed by atoms with Crippen molar-refractivity contribution in [1.29, 1.82) is 0 Å². The molecule has 138 valence electrons. The number of carbonyl (C=O) groups is 1. The van der Waals surface area contributed by atoms with Gasteiger partial charge in [-0.15, -0.1) is 0 Å². The molecule has 1 N–H and O–H groups in total. The lowest BCUT2D eigenvalue weighted by molar-refractivity contribution is 0.0711. The molecule has 1 atom stereocenters. The van der Waals surface area contributed by atoms with Crippen LogP contribution in [0.1, 0.15) is 23.2 Å². The van der Waals surface area contributed by atoms with E-state index in [1.807, 2.05) is 4.90 Å². The van der Waals surface area contributed by atoms with Crippen LogP contribution in [-0.4, -0.2) is 44.2 Å². The van der Waals surface area contributed by atoms with E-state index in [1.54, 1.807) is 44.6 Å². The zero-order valence-electron chi connectivity index (χ0n) is 15.0. The number of nitrogens with one attached hydrogen (secondary N) is 1. The number of rotatable bonds is 5. The maximum atomic E-state index is 13.0. The molecule has 1 heterocycles. The van der Waals surface area contributed by atoms with Crippen molar-refractivity contribution in [2.24, 2.45) is 0 Å². The van der Waals surface area contributed by atoms with Gasteiger partial charge in [0.05, 0.1) is 19.8 Å². The molecule has 0 bridgehead atoms. The molecular formula is C20H23FN2O3. The summed E-state index contributed by atoms with van der Waals surface area (Å²) < 4.78 is 23.6. The second-order valence-corrected chi connectivity index (χ2v) is 6.31. The van der Waals surface area contributed by atoms with E-state index < -0.39 is 0 Å². The molecule has 0 aromatic heterocycles. The van der Waals surface area contributed by atoms with Crippen molar-refractivity contribution in [1.82, 2.24) is 4.90 Å². The van der Waals surface area contributed by atoms with E-state index in [1.165, 1.54) is 12.1 Å². The van der Waals surface area contributed by atoms with E-state index in [-0.39, 0.29) is 17.8 Å². The van der Waals surface area contributed by atoms with Crippen molar-refractivity contribution in [3.05, 3.63) is 53.8 Å². The average Bonchev–Trinajstić information content (AvgIpc) is 2.69. The van der Waals surface area contributed by atoms with Crippen LogP contribution in [0, 0.1) is 5.82 Å². The van der Waals surface area contributed by atoms with Gasteiger partial charge in [0.2, 0.25) is 0 Å². The summed E-state index contributed by atoms with van der Waals surface area (Å²) in [4.78, 5) is 14.8. The number of halogens is 1. The monoisotopic (exact) mass is 358 g/mol. The molecule has 6 heteroatoms. The number of hydrogen-bond donors (Lipinski definition) is 1. The van der Waals surface area contributed by atoms with Crippen LogP contribution in [0.15, 0.2) is 42.5 Å². The van der Waals surface area contributed by atoms with Crippen LogP contribution in [0.3, 0.4) is 0 Å². The van der Waals surface area contributed by atoms with E-state index >= 15 is 0 Å². The third kappa shape index (κ3) is 4.07. The van der Waals surface area contributed by atoms with Gasteiger partial charge in [-0.3, -0.25) is 4.79 Å². The Bertz CT molecular complexity index is 764. The van der Waals surface area contributed by atoms with Crippen LogP contribution in [0.5, 0.6) is 11.5 Å². The maximum Gasteiger partial charge on any atom is 0.257 e. The van der Waals surface area contributed by atoms with Gasteiger partial charge in [0.15, 0.2) is 0 Å². The van der Waals surface area contributed by atoms with Gasteiger partial charge in [0, 0.05) is 30.9 Å². The smallest absolute Gasteiger partial charge is 0.257 e. The van der Waals surface area contributed by atoms with Crippen molar-refractivity contribution in [3.8, 4) is 11.5 Å². The molecule has 1 saturated heterocycles. The molecule has 1 amide bonds. The molecule has 2 aromatic carbocycles. The molecule has 0 aliphatic carbocycles. The number of hydrogen-bond acceptors (Lipinski definition) is 4. The van der Waals surface area contributed by atoms with Crippen LogP contribution in [0.25, 0.3) is 0 Å². The Hall–Kier alpha value is -2.76. The Labute approximate surface area is 152 Å². The number of ether oxygens (including phenoxy) is 2. The number of methoxy groups -OCH3 is 2. The Balaban J connectivity index is 1.70. The zero-order valence-corrected chi connectivity index (χ0v) is 15.0. The summed E-state index contributed by atoms with van der Waals surface area (Å²) in [6.45, 7) is 1.29. The van der Waals surface area contributed by atoms with E-state index in [9.17, 15) is 9.18 Å². The highest BCUT2D eigenvalue weighted by molar-refractivity contribution is 5.97. The highest BCUT2D eigenvalue weighted by Crippen LogP contribution is 2.27. The number of amides is 1. The van der Waals surface area contributed by atoms with Gasteiger partial charge in [-0.05, 0) is 49.2 Å². The summed E-state index contributed by atoms with van der Waals surface area (Å²) in [5.74, 6) is 0.827. The van der Waals surface area contributed by atoms with E-state index in [0.29, 0.717) is 30.2 Å². The quantitative estimate of drug-likeness (QED) is 0.888. The lowest BCUT2D eigenvalue weighted by Gasteiger charge is -2.34. The maximum absolute atomic E-state index is 13.0. The standard InChI is InChI=1S/C20H23FN2O3/c1-25-17-9-10-18(19(12-17)26-2)20(24)23-11-3-4-16(13-23)22-15-7-5-14(21)6-8-15/h5-10,12,16,22H,3-4,11,13H2,1-2H3/t16-/m1/s1.